The molecule has 2 N–H and O–H groups in total. The second-order valence-electron chi connectivity index (χ2n) is 3.82. The summed E-state index contributed by atoms with van der Waals surface area (Å²) in [7, 11) is 1.30. The van der Waals surface area contributed by atoms with Crippen LogP contribution in [0.3, 0.4) is 0 Å². The number of hydrogen-bond donors (Lipinski definition) is 2. The van der Waals surface area contributed by atoms with Crippen molar-refractivity contribution in [3.63, 3.8) is 0 Å². The first kappa shape index (κ1) is 14.4. The number of imide groups is 1. The Balaban J connectivity index is 2.32. The van der Waals surface area contributed by atoms with Crippen LogP contribution in [0.15, 0.2) is 0 Å². The lowest BCUT2D eigenvalue weighted by atomic mass is 10.2. The highest BCUT2D eigenvalue weighted by Crippen LogP contribution is 2.12. The van der Waals surface area contributed by atoms with Gasteiger partial charge in [0.25, 0.3) is 0 Å². The van der Waals surface area contributed by atoms with Crippen LogP contribution in [0.1, 0.15) is 6.42 Å². The third-order valence-electron chi connectivity index (χ3n) is 2.38. The van der Waals surface area contributed by atoms with Crippen LogP contribution in [-0.4, -0.2) is 55.0 Å². The van der Waals surface area contributed by atoms with E-state index < -0.39 is 43.0 Å². The van der Waals surface area contributed by atoms with Gasteiger partial charge >= 0.3 is 6.18 Å². The van der Waals surface area contributed by atoms with Crippen LogP contribution in [0.4, 0.5) is 13.2 Å². The molecule has 1 unspecified atom stereocenters. The Morgan fingerprint density at radius 1 is 1.44 bits per heavy atom. The minimum Gasteiger partial charge on any atom is -0.346 e. The van der Waals surface area contributed by atoms with Gasteiger partial charge in [0.05, 0.1) is 19.0 Å². The summed E-state index contributed by atoms with van der Waals surface area (Å²) in [5.74, 6) is -1.78. The van der Waals surface area contributed by atoms with Crippen LogP contribution in [0.25, 0.3) is 0 Å². The second kappa shape index (κ2) is 5.34. The Hall–Kier alpha value is -1.64. The van der Waals surface area contributed by atoms with Crippen LogP contribution in [0.5, 0.6) is 0 Å². The average molecular weight is 267 g/mol. The molecule has 0 aliphatic carbocycles. The van der Waals surface area contributed by atoms with Crippen molar-refractivity contribution in [3.05, 3.63) is 0 Å². The predicted molar refractivity (Wildman–Crippen MR) is 53.2 cm³/mol. The number of halogens is 3. The van der Waals surface area contributed by atoms with E-state index >= 15 is 0 Å². The van der Waals surface area contributed by atoms with Crippen molar-refractivity contribution in [1.82, 2.24) is 15.5 Å². The first-order valence-electron chi connectivity index (χ1n) is 5.08. The molecular weight excluding hydrogens is 255 g/mol. The van der Waals surface area contributed by atoms with Gasteiger partial charge in [0.1, 0.15) is 6.54 Å². The fourth-order valence-electron chi connectivity index (χ4n) is 1.39. The molecule has 0 bridgehead atoms. The molecule has 1 atom stereocenters. The number of carbonyl (C=O) groups excluding carboxylic acids is 3. The molecule has 3 amide bonds. The molecule has 1 rings (SSSR count). The lowest BCUT2D eigenvalue weighted by Gasteiger charge is -2.12. The topological polar surface area (TPSA) is 78.5 Å². The van der Waals surface area contributed by atoms with Crippen molar-refractivity contribution in [2.75, 3.05) is 20.1 Å². The van der Waals surface area contributed by atoms with Crippen molar-refractivity contribution >= 4 is 17.7 Å². The Kier molecular flexibility index (Phi) is 4.28. The summed E-state index contributed by atoms with van der Waals surface area (Å²) in [4.78, 5) is 34.4. The largest absolute Gasteiger partial charge is 0.405 e. The monoisotopic (exact) mass is 267 g/mol. The fraction of sp³-hybridized carbons (Fsp3) is 0.667. The molecule has 1 aliphatic heterocycles. The Bertz CT molecular complexity index is 370. The minimum atomic E-state index is -4.48. The number of hydrogen-bond acceptors (Lipinski definition) is 4. The number of amides is 3. The van der Waals surface area contributed by atoms with Gasteiger partial charge in [-0.25, -0.2) is 0 Å². The minimum absolute atomic E-state index is 0.0954. The molecule has 1 heterocycles. The van der Waals surface area contributed by atoms with Gasteiger partial charge in [-0.3, -0.25) is 24.6 Å². The maximum absolute atomic E-state index is 11.8. The molecule has 102 valence electrons. The molecular formula is C9H12F3N3O3. The summed E-state index contributed by atoms with van der Waals surface area (Å²) in [6.07, 6.45) is -4.57. The van der Waals surface area contributed by atoms with Crippen molar-refractivity contribution in [2.24, 2.45) is 0 Å². The molecule has 0 aromatic rings. The second-order valence-corrected chi connectivity index (χ2v) is 3.82. The highest BCUT2D eigenvalue weighted by atomic mass is 19.4. The highest BCUT2D eigenvalue weighted by Gasteiger charge is 2.36. The van der Waals surface area contributed by atoms with Crippen molar-refractivity contribution in [2.45, 2.75) is 18.6 Å². The van der Waals surface area contributed by atoms with Gasteiger partial charge in [0, 0.05) is 7.05 Å². The van der Waals surface area contributed by atoms with Crippen LogP contribution >= 0.6 is 0 Å². The molecule has 1 fully saturated rings. The highest BCUT2D eigenvalue weighted by molar-refractivity contribution is 6.05. The summed E-state index contributed by atoms with van der Waals surface area (Å²) in [6.45, 7) is -1.88. The standard InChI is InChI=1S/C9H12F3N3O3/c1-15-7(17)2-5(8(15)18)13-3-6(16)14-4-9(10,11)12/h5,13H,2-4H2,1H3,(H,14,16). The fourth-order valence-corrected chi connectivity index (χ4v) is 1.39. The smallest absolute Gasteiger partial charge is 0.346 e. The first-order valence-corrected chi connectivity index (χ1v) is 5.08. The lowest BCUT2D eigenvalue weighted by Crippen LogP contribution is -2.44. The van der Waals surface area contributed by atoms with Crippen molar-refractivity contribution in [3.8, 4) is 0 Å². The number of carbonyl (C=O) groups is 3. The van der Waals surface area contributed by atoms with E-state index in [-0.39, 0.29) is 6.42 Å². The van der Waals surface area contributed by atoms with E-state index in [9.17, 15) is 27.6 Å². The molecule has 1 saturated heterocycles. The molecule has 1 aliphatic rings. The molecule has 9 heteroatoms. The SMILES string of the molecule is CN1C(=O)CC(NCC(=O)NCC(F)(F)F)C1=O. The zero-order valence-electron chi connectivity index (χ0n) is 9.50. The number of alkyl halides is 3. The van der Waals surface area contributed by atoms with Crippen LogP contribution in [0, 0.1) is 0 Å². The molecule has 0 aromatic carbocycles. The van der Waals surface area contributed by atoms with Gasteiger partial charge < -0.3 is 5.32 Å². The third kappa shape index (κ3) is 3.99. The summed E-state index contributed by atoms with van der Waals surface area (Å²) in [5.41, 5.74) is 0. The summed E-state index contributed by atoms with van der Waals surface area (Å²) in [5, 5.41) is 4.08. The van der Waals surface area contributed by atoms with E-state index in [0.717, 1.165) is 4.90 Å². The predicted octanol–water partition coefficient (Wildman–Crippen LogP) is -0.988. The maximum Gasteiger partial charge on any atom is 0.405 e. The number of likely N-dealkylation sites (N-methyl/N-ethyl adjacent to an activating group) is 1. The number of likely N-dealkylation sites (tertiary alicyclic amines) is 1. The Labute approximate surface area is 100 Å². The summed E-state index contributed by atoms with van der Waals surface area (Å²) >= 11 is 0. The molecule has 18 heavy (non-hydrogen) atoms. The van der Waals surface area contributed by atoms with E-state index in [1.54, 1.807) is 5.32 Å². The zero-order valence-corrected chi connectivity index (χ0v) is 9.50. The molecule has 0 saturated carbocycles. The number of rotatable bonds is 4. The molecule has 6 nitrogen and oxygen atoms in total. The van der Waals surface area contributed by atoms with Gasteiger partial charge in [-0.1, -0.05) is 0 Å². The van der Waals surface area contributed by atoms with Crippen molar-refractivity contribution in [1.29, 1.82) is 0 Å². The van der Waals surface area contributed by atoms with E-state index in [1.165, 1.54) is 7.05 Å². The molecule has 0 spiro atoms. The average Bonchev–Trinajstić information content (AvgIpc) is 2.50. The van der Waals surface area contributed by atoms with Crippen molar-refractivity contribution < 1.29 is 27.6 Å². The van der Waals surface area contributed by atoms with Gasteiger partial charge in [-0.05, 0) is 0 Å². The van der Waals surface area contributed by atoms with Gasteiger partial charge in [-0.15, -0.1) is 0 Å². The van der Waals surface area contributed by atoms with Gasteiger partial charge in [-0.2, -0.15) is 13.2 Å². The molecule has 0 aromatic heterocycles. The zero-order chi connectivity index (χ0) is 13.9. The lowest BCUT2D eigenvalue weighted by molar-refractivity contribution is -0.138. The van der Waals surface area contributed by atoms with Crippen LogP contribution in [-0.2, 0) is 14.4 Å². The quantitative estimate of drug-likeness (QED) is 0.641. The Morgan fingerprint density at radius 3 is 2.50 bits per heavy atom. The van der Waals surface area contributed by atoms with Gasteiger partial charge in [0.2, 0.25) is 17.7 Å². The third-order valence-corrected chi connectivity index (χ3v) is 2.38. The first-order chi connectivity index (χ1) is 8.20. The normalized spacial score (nSPS) is 20.4. The van der Waals surface area contributed by atoms with Crippen LogP contribution < -0.4 is 10.6 Å². The summed E-state index contributed by atoms with van der Waals surface area (Å²) in [6, 6.07) is -0.848. The van der Waals surface area contributed by atoms with E-state index in [4.69, 9.17) is 0 Å². The van der Waals surface area contributed by atoms with E-state index in [0.29, 0.717) is 0 Å². The molecule has 0 radical (unpaired) electrons. The number of nitrogens with zero attached hydrogens (tertiary/aromatic N) is 1. The summed E-state index contributed by atoms with van der Waals surface area (Å²) < 4.78 is 35.3. The van der Waals surface area contributed by atoms with E-state index in [2.05, 4.69) is 5.32 Å². The Morgan fingerprint density at radius 2 is 2.06 bits per heavy atom. The number of nitrogens with one attached hydrogen (secondary N) is 2. The van der Waals surface area contributed by atoms with E-state index in [1.807, 2.05) is 0 Å². The van der Waals surface area contributed by atoms with Gasteiger partial charge in [0.15, 0.2) is 0 Å². The van der Waals surface area contributed by atoms with Crippen LogP contribution in [0.2, 0.25) is 0 Å². The maximum atomic E-state index is 11.8.